The number of allylic oxidation sites excluding steroid dienone is 1. The van der Waals surface area contributed by atoms with Crippen molar-refractivity contribution in [2.45, 2.75) is 26.8 Å². The average Bonchev–Trinajstić information content (AvgIpc) is 2.03. The SMILES string of the molecule is CC(C)=CCN1CCNC[C@@H]1C.Cl. The molecule has 0 spiro atoms. The molecule has 0 radical (unpaired) electrons. The molecule has 78 valence electrons. The molecule has 13 heavy (non-hydrogen) atoms. The highest BCUT2D eigenvalue weighted by atomic mass is 35.5. The van der Waals surface area contributed by atoms with E-state index >= 15 is 0 Å². The molecule has 1 aliphatic rings. The summed E-state index contributed by atoms with van der Waals surface area (Å²) < 4.78 is 0. The van der Waals surface area contributed by atoms with E-state index in [4.69, 9.17) is 0 Å². The summed E-state index contributed by atoms with van der Waals surface area (Å²) in [4.78, 5) is 2.52. The lowest BCUT2D eigenvalue weighted by Gasteiger charge is -2.33. The lowest BCUT2D eigenvalue weighted by Crippen LogP contribution is -2.49. The van der Waals surface area contributed by atoms with Crippen LogP contribution in [0.1, 0.15) is 20.8 Å². The third-order valence-electron chi connectivity index (χ3n) is 2.37. The molecule has 1 N–H and O–H groups in total. The topological polar surface area (TPSA) is 15.3 Å². The monoisotopic (exact) mass is 204 g/mol. The van der Waals surface area contributed by atoms with Gasteiger partial charge in [-0.2, -0.15) is 0 Å². The molecule has 1 saturated heterocycles. The van der Waals surface area contributed by atoms with E-state index in [1.165, 1.54) is 12.1 Å². The van der Waals surface area contributed by atoms with E-state index in [1.807, 2.05) is 0 Å². The molecule has 0 aliphatic carbocycles. The highest BCUT2D eigenvalue weighted by Crippen LogP contribution is 2.02. The third kappa shape index (κ3) is 4.65. The Balaban J connectivity index is 0.00000144. The number of hydrogen-bond donors (Lipinski definition) is 1. The number of nitrogens with zero attached hydrogens (tertiary/aromatic N) is 1. The molecule has 0 unspecified atom stereocenters. The van der Waals surface area contributed by atoms with Crippen molar-refractivity contribution in [3.63, 3.8) is 0 Å². The summed E-state index contributed by atoms with van der Waals surface area (Å²) >= 11 is 0. The van der Waals surface area contributed by atoms with Crippen molar-refractivity contribution in [3.8, 4) is 0 Å². The average molecular weight is 205 g/mol. The first-order chi connectivity index (χ1) is 5.70. The van der Waals surface area contributed by atoms with Gasteiger partial charge in [-0.1, -0.05) is 11.6 Å². The molecule has 0 aromatic carbocycles. The second-order valence-electron chi connectivity index (χ2n) is 3.83. The van der Waals surface area contributed by atoms with Gasteiger partial charge < -0.3 is 5.32 Å². The predicted octanol–water partition coefficient (Wildman–Crippen LogP) is 1.67. The molecular formula is C10H21ClN2. The zero-order chi connectivity index (χ0) is 8.97. The van der Waals surface area contributed by atoms with Gasteiger partial charge in [0.25, 0.3) is 0 Å². The summed E-state index contributed by atoms with van der Waals surface area (Å²) in [5.74, 6) is 0. The Morgan fingerprint density at radius 1 is 1.54 bits per heavy atom. The van der Waals surface area contributed by atoms with E-state index in [2.05, 4.69) is 37.1 Å². The Kier molecular flexibility index (Phi) is 6.39. The lowest BCUT2D eigenvalue weighted by molar-refractivity contribution is 0.192. The molecule has 1 rings (SSSR count). The van der Waals surface area contributed by atoms with Gasteiger partial charge in [0, 0.05) is 32.2 Å². The van der Waals surface area contributed by atoms with Gasteiger partial charge in [0.2, 0.25) is 0 Å². The lowest BCUT2D eigenvalue weighted by atomic mass is 10.2. The number of rotatable bonds is 2. The number of piperazine rings is 1. The van der Waals surface area contributed by atoms with E-state index in [0.29, 0.717) is 6.04 Å². The van der Waals surface area contributed by atoms with Crippen molar-refractivity contribution in [3.05, 3.63) is 11.6 Å². The Hall–Kier alpha value is -0.0500. The van der Waals surface area contributed by atoms with Crippen molar-refractivity contribution in [2.75, 3.05) is 26.2 Å². The first-order valence-electron chi connectivity index (χ1n) is 4.78. The standard InChI is InChI=1S/C10H20N2.ClH/c1-9(2)4-6-12-7-5-11-8-10(12)3;/h4,10-11H,5-8H2,1-3H3;1H/t10-;/m0./s1. The molecule has 1 fully saturated rings. The van der Waals surface area contributed by atoms with Crippen LogP contribution in [0.15, 0.2) is 11.6 Å². The second-order valence-corrected chi connectivity index (χ2v) is 3.83. The van der Waals surface area contributed by atoms with Gasteiger partial charge in [0.1, 0.15) is 0 Å². The van der Waals surface area contributed by atoms with Crippen LogP contribution in [0.25, 0.3) is 0 Å². The molecule has 3 heteroatoms. The summed E-state index contributed by atoms with van der Waals surface area (Å²) in [5.41, 5.74) is 1.42. The van der Waals surface area contributed by atoms with Crippen LogP contribution in [-0.2, 0) is 0 Å². The van der Waals surface area contributed by atoms with Crippen molar-refractivity contribution in [2.24, 2.45) is 0 Å². The van der Waals surface area contributed by atoms with Crippen molar-refractivity contribution < 1.29 is 0 Å². The zero-order valence-corrected chi connectivity index (χ0v) is 9.66. The third-order valence-corrected chi connectivity index (χ3v) is 2.37. The molecule has 1 aliphatic heterocycles. The van der Waals surface area contributed by atoms with E-state index in [0.717, 1.165) is 19.6 Å². The maximum absolute atomic E-state index is 3.39. The first kappa shape index (κ1) is 12.9. The molecule has 1 atom stereocenters. The van der Waals surface area contributed by atoms with Crippen LogP contribution >= 0.6 is 12.4 Å². The van der Waals surface area contributed by atoms with Crippen molar-refractivity contribution >= 4 is 12.4 Å². The van der Waals surface area contributed by atoms with Crippen LogP contribution < -0.4 is 5.32 Å². The van der Waals surface area contributed by atoms with E-state index in [-0.39, 0.29) is 12.4 Å². The maximum Gasteiger partial charge on any atom is 0.0196 e. The molecule has 0 aromatic heterocycles. The quantitative estimate of drug-likeness (QED) is 0.689. The minimum atomic E-state index is 0. The minimum Gasteiger partial charge on any atom is -0.314 e. The Morgan fingerprint density at radius 2 is 2.23 bits per heavy atom. The molecule has 2 nitrogen and oxygen atoms in total. The predicted molar refractivity (Wildman–Crippen MR) is 60.6 cm³/mol. The van der Waals surface area contributed by atoms with Crippen LogP contribution in [0.2, 0.25) is 0 Å². The second kappa shape index (κ2) is 6.41. The fourth-order valence-electron chi connectivity index (χ4n) is 1.45. The molecule has 0 saturated carbocycles. The summed E-state index contributed by atoms with van der Waals surface area (Å²) in [6, 6.07) is 0.689. The Labute approximate surface area is 87.8 Å². The van der Waals surface area contributed by atoms with Crippen molar-refractivity contribution in [1.82, 2.24) is 10.2 Å². The summed E-state index contributed by atoms with van der Waals surface area (Å²) in [6.45, 7) is 11.2. The van der Waals surface area contributed by atoms with Gasteiger partial charge >= 0.3 is 0 Å². The normalized spacial score (nSPS) is 23.5. The van der Waals surface area contributed by atoms with Crippen LogP contribution in [0.5, 0.6) is 0 Å². The van der Waals surface area contributed by atoms with E-state index in [9.17, 15) is 0 Å². The molecule has 0 amide bonds. The van der Waals surface area contributed by atoms with Crippen LogP contribution in [0.3, 0.4) is 0 Å². The van der Waals surface area contributed by atoms with Crippen molar-refractivity contribution in [1.29, 1.82) is 0 Å². The van der Waals surface area contributed by atoms with Gasteiger partial charge in [0.05, 0.1) is 0 Å². The zero-order valence-electron chi connectivity index (χ0n) is 8.84. The number of halogens is 1. The fraction of sp³-hybridized carbons (Fsp3) is 0.800. The maximum atomic E-state index is 3.39. The minimum absolute atomic E-state index is 0. The Bertz CT molecular complexity index is 164. The molecule has 0 aromatic rings. The van der Waals surface area contributed by atoms with Gasteiger partial charge in [-0.3, -0.25) is 4.90 Å². The van der Waals surface area contributed by atoms with Crippen LogP contribution in [0.4, 0.5) is 0 Å². The van der Waals surface area contributed by atoms with Gasteiger partial charge in [-0.15, -0.1) is 12.4 Å². The number of hydrogen-bond acceptors (Lipinski definition) is 2. The van der Waals surface area contributed by atoms with E-state index in [1.54, 1.807) is 0 Å². The summed E-state index contributed by atoms with van der Waals surface area (Å²) in [6.07, 6.45) is 2.31. The number of nitrogens with one attached hydrogen (secondary N) is 1. The first-order valence-corrected chi connectivity index (χ1v) is 4.78. The highest BCUT2D eigenvalue weighted by molar-refractivity contribution is 5.85. The van der Waals surface area contributed by atoms with Gasteiger partial charge in [0.15, 0.2) is 0 Å². The van der Waals surface area contributed by atoms with Crippen LogP contribution in [-0.4, -0.2) is 37.1 Å². The highest BCUT2D eigenvalue weighted by Gasteiger charge is 2.15. The van der Waals surface area contributed by atoms with Crippen LogP contribution in [0, 0.1) is 0 Å². The molecule has 1 heterocycles. The largest absolute Gasteiger partial charge is 0.314 e. The Morgan fingerprint density at radius 3 is 2.77 bits per heavy atom. The van der Waals surface area contributed by atoms with E-state index < -0.39 is 0 Å². The molecule has 0 bridgehead atoms. The summed E-state index contributed by atoms with van der Waals surface area (Å²) in [5, 5.41) is 3.39. The summed E-state index contributed by atoms with van der Waals surface area (Å²) in [7, 11) is 0. The molecular weight excluding hydrogens is 184 g/mol. The smallest absolute Gasteiger partial charge is 0.0196 e. The van der Waals surface area contributed by atoms with Gasteiger partial charge in [-0.25, -0.2) is 0 Å². The van der Waals surface area contributed by atoms with Gasteiger partial charge in [-0.05, 0) is 20.8 Å². The fourth-order valence-corrected chi connectivity index (χ4v) is 1.45.